The van der Waals surface area contributed by atoms with Crippen LogP contribution in [0.4, 0.5) is 0 Å². The van der Waals surface area contributed by atoms with Crippen molar-refractivity contribution in [3.63, 3.8) is 0 Å². The van der Waals surface area contributed by atoms with Crippen molar-refractivity contribution in [3.8, 4) is 0 Å². The van der Waals surface area contributed by atoms with E-state index in [2.05, 4.69) is 17.1 Å². The molecule has 0 bridgehead atoms. The maximum atomic E-state index is 6.45. The minimum atomic E-state index is 0.314. The number of ether oxygens (including phenoxy) is 1. The van der Waals surface area contributed by atoms with E-state index in [0.29, 0.717) is 11.7 Å². The third kappa shape index (κ3) is 3.55. The zero-order valence-corrected chi connectivity index (χ0v) is 13.2. The molecule has 0 aromatic heterocycles. The fourth-order valence-electron chi connectivity index (χ4n) is 4.42. The Morgan fingerprint density at radius 3 is 2.55 bits per heavy atom. The molecule has 1 unspecified atom stereocenters. The summed E-state index contributed by atoms with van der Waals surface area (Å²) in [7, 11) is 0. The van der Waals surface area contributed by atoms with Crippen molar-refractivity contribution in [1.82, 2.24) is 10.2 Å². The van der Waals surface area contributed by atoms with Crippen molar-refractivity contribution >= 4 is 0 Å². The molecule has 2 aliphatic heterocycles. The van der Waals surface area contributed by atoms with E-state index in [1.165, 1.54) is 77.5 Å². The molecule has 0 radical (unpaired) electrons. The van der Waals surface area contributed by atoms with Crippen molar-refractivity contribution in [2.24, 2.45) is 5.92 Å². The van der Waals surface area contributed by atoms with Crippen LogP contribution in [0.25, 0.3) is 0 Å². The molecule has 0 aromatic carbocycles. The van der Waals surface area contributed by atoms with Gasteiger partial charge in [-0.2, -0.15) is 0 Å². The van der Waals surface area contributed by atoms with Crippen LogP contribution < -0.4 is 5.32 Å². The van der Waals surface area contributed by atoms with E-state index in [1.807, 2.05) is 0 Å². The summed E-state index contributed by atoms with van der Waals surface area (Å²) in [6, 6.07) is 0. The molecule has 0 aromatic rings. The van der Waals surface area contributed by atoms with E-state index in [1.54, 1.807) is 0 Å². The zero-order chi connectivity index (χ0) is 13.8. The number of hydrogen-bond acceptors (Lipinski definition) is 3. The Labute approximate surface area is 124 Å². The highest BCUT2D eigenvalue weighted by Crippen LogP contribution is 2.43. The van der Waals surface area contributed by atoms with Crippen molar-refractivity contribution in [1.29, 1.82) is 0 Å². The molecule has 1 aliphatic carbocycles. The molecular formula is C17H32N2O. The SMILES string of the molecule is CCNCC1CCN(CC2CCC3(CCCC3)O2)CC1. The van der Waals surface area contributed by atoms with Crippen molar-refractivity contribution in [2.75, 3.05) is 32.7 Å². The van der Waals surface area contributed by atoms with Crippen LogP contribution in [0.5, 0.6) is 0 Å². The summed E-state index contributed by atoms with van der Waals surface area (Å²) in [6.07, 6.45) is 11.3. The normalized spacial score (nSPS) is 31.4. The van der Waals surface area contributed by atoms with Crippen molar-refractivity contribution < 1.29 is 4.74 Å². The molecule has 1 saturated carbocycles. The second-order valence-electron chi connectivity index (χ2n) is 7.22. The molecule has 3 fully saturated rings. The molecule has 2 heterocycles. The van der Waals surface area contributed by atoms with Gasteiger partial charge in [0.25, 0.3) is 0 Å². The Morgan fingerprint density at radius 2 is 1.85 bits per heavy atom. The van der Waals surface area contributed by atoms with Crippen LogP contribution in [0.2, 0.25) is 0 Å². The lowest BCUT2D eigenvalue weighted by Crippen LogP contribution is -2.41. The van der Waals surface area contributed by atoms with Crippen molar-refractivity contribution in [3.05, 3.63) is 0 Å². The van der Waals surface area contributed by atoms with Gasteiger partial charge in [0, 0.05) is 6.54 Å². The van der Waals surface area contributed by atoms with Gasteiger partial charge in [-0.1, -0.05) is 19.8 Å². The maximum Gasteiger partial charge on any atom is 0.0710 e. The van der Waals surface area contributed by atoms with Gasteiger partial charge in [-0.3, -0.25) is 0 Å². The summed E-state index contributed by atoms with van der Waals surface area (Å²) < 4.78 is 6.45. The van der Waals surface area contributed by atoms with Gasteiger partial charge in [0.15, 0.2) is 0 Å². The Kier molecular flexibility index (Phi) is 5.00. The molecule has 20 heavy (non-hydrogen) atoms. The average Bonchev–Trinajstić information content (AvgIpc) is 3.09. The minimum absolute atomic E-state index is 0.314. The topological polar surface area (TPSA) is 24.5 Å². The monoisotopic (exact) mass is 280 g/mol. The average molecular weight is 280 g/mol. The number of hydrogen-bond donors (Lipinski definition) is 1. The smallest absolute Gasteiger partial charge is 0.0710 e. The van der Waals surface area contributed by atoms with Crippen LogP contribution in [0.1, 0.15) is 58.3 Å². The summed E-state index contributed by atoms with van der Waals surface area (Å²) in [5.74, 6) is 0.900. The highest BCUT2D eigenvalue weighted by Gasteiger charge is 2.42. The van der Waals surface area contributed by atoms with Crippen LogP contribution in [0.15, 0.2) is 0 Å². The number of nitrogens with one attached hydrogen (secondary N) is 1. The molecule has 3 rings (SSSR count). The standard InChI is InChI=1S/C17H32N2O/c1-2-18-13-15-6-11-19(12-7-15)14-16-5-10-17(20-16)8-3-4-9-17/h15-16,18H,2-14H2,1H3. The summed E-state index contributed by atoms with van der Waals surface area (Å²) in [5.41, 5.74) is 0.314. The molecule has 116 valence electrons. The summed E-state index contributed by atoms with van der Waals surface area (Å²) in [5, 5.41) is 3.50. The van der Waals surface area contributed by atoms with Gasteiger partial charge >= 0.3 is 0 Å². The van der Waals surface area contributed by atoms with Gasteiger partial charge in [0.05, 0.1) is 11.7 Å². The van der Waals surface area contributed by atoms with Gasteiger partial charge in [0.1, 0.15) is 0 Å². The predicted molar refractivity (Wildman–Crippen MR) is 83.0 cm³/mol. The van der Waals surface area contributed by atoms with Gasteiger partial charge in [-0.25, -0.2) is 0 Å². The minimum Gasteiger partial charge on any atom is -0.370 e. The molecular weight excluding hydrogens is 248 g/mol. The van der Waals surface area contributed by atoms with Gasteiger partial charge < -0.3 is 15.0 Å². The van der Waals surface area contributed by atoms with E-state index in [0.717, 1.165) is 12.5 Å². The fourth-order valence-corrected chi connectivity index (χ4v) is 4.42. The molecule has 3 aliphatic rings. The second-order valence-corrected chi connectivity index (χ2v) is 7.22. The number of nitrogens with zero attached hydrogens (tertiary/aromatic N) is 1. The highest BCUT2D eigenvalue weighted by atomic mass is 16.5. The van der Waals surface area contributed by atoms with E-state index < -0.39 is 0 Å². The molecule has 3 heteroatoms. The van der Waals surface area contributed by atoms with E-state index in [9.17, 15) is 0 Å². The van der Waals surface area contributed by atoms with Crippen LogP contribution in [-0.4, -0.2) is 49.3 Å². The first kappa shape index (κ1) is 14.8. The van der Waals surface area contributed by atoms with Gasteiger partial charge in [-0.15, -0.1) is 0 Å². The van der Waals surface area contributed by atoms with Gasteiger partial charge in [0.2, 0.25) is 0 Å². The quantitative estimate of drug-likeness (QED) is 0.838. The molecule has 2 saturated heterocycles. The van der Waals surface area contributed by atoms with E-state index in [4.69, 9.17) is 4.74 Å². The summed E-state index contributed by atoms with van der Waals surface area (Å²) >= 11 is 0. The lowest BCUT2D eigenvalue weighted by molar-refractivity contribution is -0.0498. The van der Waals surface area contributed by atoms with E-state index >= 15 is 0 Å². The lowest BCUT2D eigenvalue weighted by atomic mass is 9.96. The summed E-state index contributed by atoms with van der Waals surface area (Å²) in [6.45, 7) is 8.28. The molecule has 1 atom stereocenters. The Bertz CT molecular complexity index is 293. The first-order valence-corrected chi connectivity index (χ1v) is 8.90. The fraction of sp³-hybridized carbons (Fsp3) is 1.00. The third-order valence-electron chi connectivity index (χ3n) is 5.71. The van der Waals surface area contributed by atoms with Gasteiger partial charge in [-0.05, 0) is 70.6 Å². The van der Waals surface area contributed by atoms with Crippen LogP contribution >= 0.6 is 0 Å². The third-order valence-corrected chi connectivity index (χ3v) is 5.71. The number of likely N-dealkylation sites (tertiary alicyclic amines) is 1. The number of piperidine rings is 1. The van der Waals surface area contributed by atoms with Crippen molar-refractivity contribution in [2.45, 2.75) is 70.0 Å². The highest BCUT2D eigenvalue weighted by molar-refractivity contribution is 4.93. The van der Waals surface area contributed by atoms with E-state index in [-0.39, 0.29) is 0 Å². The number of rotatable bonds is 5. The first-order valence-electron chi connectivity index (χ1n) is 8.90. The summed E-state index contributed by atoms with van der Waals surface area (Å²) in [4.78, 5) is 2.65. The Hall–Kier alpha value is -0.120. The predicted octanol–water partition coefficient (Wildman–Crippen LogP) is 2.80. The first-order chi connectivity index (χ1) is 9.80. The van der Waals surface area contributed by atoms with Crippen LogP contribution in [0, 0.1) is 5.92 Å². The van der Waals surface area contributed by atoms with Crippen LogP contribution in [-0.2, 0) is 4.74 Å². The Morgan fingerprint density at radius 1 is 1.10 bits per heavy atom. The molecule has 1 N–H and O–H groups in total. The zero-order valence-electron chi connectivity index (χ0n) is 13.2. The Balaban J connectivity index is 1.37. The molecule has 0 amide bonds. The second kappa shape index (κ2) is 6.76. The lowest BCUT2D eigenvalue weighted by Gasteiger charge is -2.34. The maximum absolute atomic E-state index is 6.45. The molecule has 1 spiro atoms. The van der Waals surface area contributed by atoms with Crippen LogP contribution in [0.3, 0.4) is 0 Å². The molecule has 3 nitrogen and oxygen atoms in total. The largest absolute Gasteiger partial charge is 0.370 e.